The number of nitrogens with one attached hydrogen (secondary N) is 2. The first-order valence-electron chi connectivity index (χ1n) is 7.18. The van der Waals surface area contributed by atoms with Gasteiger partial charge in [-0.25, -0.2) is 0 Å². The van der Waals surface area contributed by atoms with E-state index in [1.165, 1.54) is 0 Å². The van der Waals surface area contributed by atoms with Crippen LogP contribution in [-0.4, -0.2) is 29.9 Å². The predicted octanol–water partition coefficient (Wildman–Crippen LogP) is 0.925. The van der Waals surface area contributed by atoms with Crippen molar-refractivity contribution < 1.29 is 9.59 Å². The summed E-state index contributed by atoms with van der Waals surface area (Å²) in [5.74, 6) is -0.143. The zero-order valence-electron chi connectivity index (χ0n) is 12.3. The molecule has 2 amide bonds. The third-order valence-electron chi connectivity index (χ3n) is 4.04. The molecule has 0 unspecified atom stereocenters. The summed E-state index contributed by atoms with van der Waals surface area (Å²) in [7, 11) is 0. The van der Waals surface area contributed by atoms with Gasteiger partial charge in [0.25, 0.3) is 0 Å². The highest BCUT2D eigenvalue weighted by atomic mass is 16.2. The minimum atomic E-state index is -0.194. The second-order valence-corrected chi connectivity index (χ2v) is 6.12. The molecule has 5 nitrogen and oxygen atoms in total. The highest BCUT2D eigenvalue weighted by Gasteiger charge is 2.25. The van der Waals surface area contributed by atoms with Gasteiger partial charge in [0.2, 0.25) is 11.8 Å². The molecule has 1 rings (SSSR count). The first-order valence-corrected chi connectivity index (χ1v) is 7.18. The van der Waals surface area contributed by atoms with Crippen LogP contribution in [-0.2, 0) is 9.59 Å². The van der Waals surface area contributed by atoms with Crippen LogP contribution in [0.4, 0.5) is 0 Å². The molecule has 1 aliphatic carbocycles. The minimum Gasteiger partial charge on any atom is -0.369 e. The fraction of sp³-hybridized carbons (Fsp3) is 0.857. The minimum absolute atomic E-state index is 0.0194. The van der Waals surface area contributed by atoms with Gasteiger partial charge in [0, 0.05) is 17.5 Å². The molecule has 0 saturated heterocycles. The highest BCUT2D eigenvalue weighted by Crippen LogP contribution is 2.23. The van der Waals surface area contributed by atoms with Gasteiger partial charge in [-0.2, -0.15) is 0 Å². The molecule has 110 valence electrons. The number of nitrogens with two attached hydrogens (primary N) is 1. The Morgan fingerprint density at radius 1 is 1.21 bits per heavy atom. The SMILES string of the molecule is CCC(C)(C)NC(=O)CNC1CCC(C(N)=O)CC1. The van der Waals surface area contributed by atoms with Crippen molar-refractivity contribution in [3.05, 3.63) is 0 Å². The molecule has 0 aromatic rings. The van der Waals surface area contributed by atoms with Crippen LogP contribution in [0.15, 0.2) is 0 Å². The Morgan fingerprint density at radius 2 is 1.79 bits per heavy atom. The van der Waals surface area contributed by atoms with Gasteiger partial charge in [0.15, 0.2) is 0 Å². The summed E-state index contributed by atoms with van der Waals surface area (Å²) in [6.07, 6.45) is 4.39. The third kappa shape index (κ3) is 5.59. The maximum Gasteiger partial charge on any atom is 0.234 e. The monoisotopic (exact) mass is 269 g/mol. The van der Waals surface area contributed by atoms with E-state index >= 15 is 0 Å². The number of rotatable bonds is 6. The van der Waals surface area contributed by atoms with E-state index in [9.17, 15) is 9.59 Å². The van der Waals surface area contributed by atoms with Crippen molar-refractivity contribution in [2.24, 2.45) is 11.7 Å². The van der Waals surface area contributed by atoms with Gasteiger partial charge in [0.1, 0.15) is 0 Å². The molecule has 0 bridgehead atoms. The average molecular weight is 269 g/mol. The third-order valence-corrected chi connectivity index (χ3v) is 4.04. The van der Waals surface area contributed by atoms with E-state index in [1.807, 2.05) is 13.8 Å². The Kier molecular flexibility index (Phi) is 5.79. The van der Waals surface area contributed by atoms with Crippen LogP contribution in [0.3, 0.4) is 0 Å². The van der Waals surface area contributed by atoms with E-state index in [1.54, 1.807) is 0 Å². The van der Waals surface area contributed by atoms with Crippen molar-refractivity contribution in [1.82, 2.24) is 10.6 Å². The van der Waals surface area contributed by atoms with Crippen LogP contribution in [0.5, 0.6) is 0 Å². The van der Waals surface area contributed by atoms with Crippen molar-refractivity contribution >= 4 is 11.8 Å². The van der Waals surface area contributed by atoms with Crippen LogP contribution < -0.4 is 16.4 Å². The van der Waals surface area contributed by atoms with Crippen molar-refractivity contribution in [1.29, 1.82) is 0 Å². The quantitative estimate of drug-likeness (QED) is 0.670. The number of carbonyl (C=O) groups excluding carboxylic acids is 2. The number of primary amides is 1. The Bertz CT molecular complexity index is 321. The number of hydrogen-bond acceptors (Lipinski definition) is 3. The Balaban J connectivity index is 2.24. The summed E-state index contributed by atoms with van der Waals surface area (Å²) in [5, 5.41) is 6.26. The first kappa shape index (κ1) is 16.0. The zero-order chi connectivity index (χ0) is 14.5. The zero-order valence-corrected chi connectivity index (χ0v) is 12.3. The molecule has 19 heavy (non-hydrogen) atoms. The van der Waals surface area contributed by atoms with E-state index < -0.39 is 0 Å². The van der Waals surface area contributed by atoms with Crippen LogP contribution in [0, 0.1) is 5.92 Å². The molecule has 0 aromatic carbocycles. The largest absolute Gasteiger partial charge is 0.369 e. The molecule has 0 spiro atoms. The molecular weight excluding hydrogens is 242 g/mol. The lowest BCUT2D eigenvalue weighted by Gasteiger charge is -2.28. The molecule has 0 radical (unpaired) electrons. The lowest BCUT2D eigenvalue weighted by atomic mass is 9.85. The summed E-state index contributed by atoms with van der Waals surface area (Å²) in [6.45, 7) is 6.43. The van der Waals surface area contributed by atoms with E-state index in [0.29, 0.717) is 12.6 Å². The summed E-state index contributed by atoms with van der Waals surface area (Å²) in [6, 6.07) is 0.325. The highest BCUT2D eigenvalue weighted by molar-refractivity contribution is 5.78. The van der Waals surface area contributed by atoms with Gasteiger partial charge >= 0.3 is 0 Å². The van der Waals surface area contributed by atoms with Crippen LogP contribution >= 0.6 is 0 Å². The number of carbonyl (C=O) groups is 2. The molecule has 5 heteroatoms. The molecule has 1 saturated carbocycles. The lowest BCUT2D eigenvalue weighted by Crippen LogP contribution is -2.48. The van der Waals surface area contributed by atoms with E-state index in [-0.39, 0.29) is 23.3 Å². The molecule has 0 aromatic heterocycles. The fourth-order valence-corrected chi connectivity index (χ4v) is 2.33. The molecule has 4 N–H and O–H groups in total. The van der Waals surface area contributed by atoms with Crippen LogP contribution in [0.2, 0.25) is 0 Å². The summed E-state index contributed by atoms with van der Waals surface area (Å²) < 4.78 is 0. The predicted molar refractivity (Wildman–Crippen MR) is 75.5 cm³/mol. The maximum atomic E-state index is 11.8. The van der Waals surface area contributed by atoms with Crippen LogP contribution in [0.25, 0.3) is 0 Å². The van der Waals surface area contributed by atoms with Gasteiger partial charge in [-0.1, -0.05) is 6.92 Å². The second-order valence-electron chi connectivity index (χ2n) is 6.12. The molecule has 1 fully saturated rings. The molecular formula is C14H27N3O2. The Morgan fingerprint density at radius 3 is 2.26 bits per heavy atom. The van der Waals surface area contributed by atoms with E-state index in [4.69, 9.17) is 5.73 Å². The standard InChI is InChI=1S/C14H27N3O2/c1-4-14(2,3)17-12(18)9-16-11-7-5-10(6-8-11)13(15)19/h10-11,16H,4-9H2,1-3H3,(H2,15,19)(H,17,18). The number of hydrogen-bond donors (Lipinski definition) is 3. The fourth-order valence-electron chi connectivity index (χ4n) is 2.33. The van der Waals surface area contributed by atoms with Gasteiger partial charge < -0.3 is 16.4 Å². The van der Waals surface area contributed by atoms with Gasteiger partial charge in [-0.3, -0.25) is 9.59 Å². The van der Waals surface area contributed by atoms with Crippen molar-refractivity contribution in [2.45, 2.75) is 64.5 Å². The van der Waals surface area contributed by atoms with Gasteiger partial charge in [0.05, 0.1) is 6.54 Å². The molecule has 0 atom stereocenters. The van der Waals surface area contributed by atoms with E-state index in [0.717, 1.165) is 32.1 Å². The topological polar surface area (TPSA) is 84.2 Å². The second kappa shape index (κ2) is 6.89. The molecule has 0 aliphatic heterocycles. The lowest BCUT2D eigenvalue weighted by molar-refractivity contribution is -0.124. The first-order chi connectivity index (χ1) is 8.84. The van der Waals surface area contributed by atoms with E-state index in [2.05, 4.69) is 17.6 Å². The summed E-state index contributed by atoms with van der Waals surface area (Å²) >= 11 is 0. The smallest absolute Gasteiger partial charge is 0.234 e. The molecule has 0 heterocycles. The van der Waals surface area contributed by atoms with Gasteiger partial charge in [-0.15, -0.1) is 0 Å². The van der Waals surface area contributed by atoms with Crippen molar-refractivity contribution in [3.8, 4) is 0 Å². The summed E-state index contributed by atoms with van der Waals surface area (Å²) in [5.41, 5.74) is 5.15. The Hall–Kier alpha value is -1.10. The average Bonchev–Trinajstić information content (AvgIpc) is 2.36. The maximum absolute atomic E-state index is 11.8. The number of amides is 2. The molecule has 1 aliphatic rings. The van der Waals surface area contributed by atoms with Crippen LogP contribution in [0.1, 0.15) is 52.9 Å². The normalized spacial score (nSPS) is 23.9. The summed E-state index contributed by atoms with van der Waals surface area (Å²) in [4.78, 5) is 22.8. The van der Waals surface area contributed by atoms with Crippen molar-refractivity contribution in [2.75, 3.05) is 6.54 Å². The van der Waals surface area contributed by atoms with Gasteiger partial charge in [-0.05, 0) is 46.0 Å². The Labute approximate surface area is 115 Å². The van der Waals surface area contributed by atoms with Crippen molar-refractivity contribution in [3.63, 3.8) is 0 Å².